The molecule has 0 aliphatic carbocycles. The molecule has 0 saturated carbocycles. The first-order valence-corrected chi connectivity index (χ1v) is 6.95. The Morgan fingerprint density at radius 3 is 2.71 bits per heavy atom. The third kappa shape index (κ3) is 3.55. The summed E-state index contributed by atoms with van der Waals surface area (Å²) in [6.45, 7) is 2.45. The van der Waals surface area contributed by atoms with Crippen LogP contribution < -0.4 is 15.2 Å². The molecule has 0 unspecified atom stereocenters. The number of ether oxygens (including phenoxy) is 2. The lowest BCUT2D eigenvalue weighted by Crippen LogP contribution is -2.38. The molecule has 1 aromatic heterocycles. The fourth-order valence-electron chi connectivity index (χ4n) is 2.64. The monoisotopic (exact) mass is 294 g/mol. The molecule has 1 aliphatic rings. The number of piperidine rings is 1. The van der Waals surface area contributed by atoms with Crippen molar-refractivity contribution in [1.29, 1.82) is 0 Å². The molecular weight excluding hydrogens is 272 g/mol. The molecule has 0 bridgehead atoms. The normalized spacial score (nSPS) is 17.7. The van der Waals surface area contributed by atoms with Gasteiger partial charge in [0.05, 0.1) is 14.2 Å². The number of nitrogens with two attached hydrogens (primary N) is 1. The molecule has 1 saturated heterocycles. The maximum absolute atomic E-state index is 8.72. The van der Waals surface area contributed by atoms with Crippen LogP contribution in [0.4, 0.5) is 0 Å². The Kier molecular flexibility index (Phi) is 5.21. The third-order valence-corrected chi connectivity index (χ3v) is 3.86. The summed E-state index contributed by atoms with van der Waals surface area (Å²) in [5.74, 6) is 1.85. The fourth-order valence-corrected chi connectivity index (χ4v) is 2.64. The van der Waals surface area contributed by atoms with Gasteiger partial charge in [0.15, 0.2) is 11.5 Å². The number of pyridine rings is 1. The van der Waals surface area contributed by atoms with Crippen LogP contribution in [0.2, 0.25) is 0 Å². The van der Waals surface area contributed by atoms with E-state index in [0.29, 0.717) is 23.9 Å². The number of rotatable bonds is 5. The molecule has 1 aromatic rings. The Hall–Kier alpha value is -2.02. The molecule has 3 N–H and O–H groups in total. The highest BCUT2D eigenvalue weighted by molar-refractivity contribution is 5.82. The largest absolute Gasteiger partial charge is 0.493 e. The number of amidine groups is 1. The van der Waals surface area contributed by atoms with E-state index in [2.05, 4.69) is 15.0 Å². The van der Waals surface area contributed by atoms with Crippen LogP contribution in [-0.2, 0) is 6.54 Å². The summed E-state index contributed by atoms with van der Waals surface area (Å²) in [4.78, 5) is 6.67. The van der Waals surface area contributed by atoms with Gasteiger partial charge >= 0.3 is 0 Å². The van der Waals surface area contributed by atoms with E-state index in [-0.39, 0.29) is 5.92 Å². The molecule has 7 heteroatoms. The van der Waals surface area contributed by atoms with Gasteiger partial charge in [0.1, 0.15) is 11.5 Å². The standard InChI is InChI=1S/C14H22N4O3/c1-20-12-3-6-16-11(13(12)21-2)9-18-7-4-10(5-8-18)14(15)17-19/h3,6,10,19H,4-5,7-9H2,1-2H3,(H2,15,17). The highest BCUT2D eigenvalue weighted by Crippen LogP contribution is 2.30. The molecule has 0 spiro atoms. The van der Waals surface area contributed by atoms with Crippen LogP contribution in [0.5, 0.6) is 11.5 Å². The van der Waals surface area contributed by atoms with Gasteiger partial charge in [-0.05, 0) is 25.9 Å². The maximum Gasteiger partial charge on any atom is 0.183 e. The fraction of sp³-hybridized carbons (Fsp3) is 0.571. The molecule has 0 radical (unpaired) electrons. The highest BCUT2D eigenvalue weighted by Gasteiger charge is 2.23. The summed E-state index contributed by atoms with van der Waals surface area (Å²) in [5, 5.41) is 11.8. The molecule has 116 valence electrons. The highest BCUT2D eigenvalue weighted by atomic mass is 16.5. The second kappa shape index (κ2) is 7.12. The average Bonchev–Trinajstić information content (AvgIpc) is 2.54. The van der Waals surface area contributed by atoms with Crippen LogP contribution in [0.3, 0.4) is 0 Å². The number of hydrogen-bond donors (Lipinski definition) is 2. The summed E-state index contributed by atoms with van der Waals surface area (Å²) in [5.41, 5.74) is 6.52. The van der Waals surface area contributed by atoms with Crippen molar-refractivity contribution in [2.75, 3.05) is 27.3 Å². The Morgan fingerprint density at radius 1 is 1.43 bits per heavy atom. The first-order chi connectivity index (χ1) is 10.2. The predicted molar refractivity (Wildman–Crippen MR) is 78.8 cm³/mol. The van der Waals surface area contributed by atoms with Crippen LogP contribution >= 0.6 is 0 Å². The molecule has 21 heavy (non-hydrogen) atoms. The molecule has 0 amide bonds. The lowest BCUT2D eigenvalue weighted by atomic mass is 9.96. The van der Waals surface area contributed by atoms with E-state index in [1.54, 1.807) is 26.5 Å². The lowest BCUT2D eigenvalue weighted by molar-refractivity contribution is 0.193. The minimum atomic E-state index is 0.159. The van der Waals surface area contributed by atoms with Gasteiger partial charge in [-0.25, -0.2) is 0 Å². The molecular formula is C14H22N4O3. The average molecular weight is 294 g/mol. The molecule has 2 rings (SSSR count). The van der Waals surface area contributed by atoms with Crippen molar-refractivity contribution in [2.24, 2.45) is 16.8 Å². The van der Waals surface area contributed by atoms with E-state index >= 15 is 0 Å². The van der Waals surface area contributed by atoms with Crippen molar-refractivity contribution in [3.8, 4) is 11.5 Å². The van der Waals surface area contributed by atoms with Crippen molar-refractivity contribution < 1.29 is 14.7 Å². The number of likely N-dealkylation sites (tertiary alicyclic amines) is 1. The van der Waals surface area contributed by atoms with Crippen LogP contribution in [0.15, 0.2) is 17.4 Å². The van der Waals surface area contributed by atoms with Gasteiger partial charge in [0.2, 0.25) is 0 Å². The smallest absolute Gasteiger partial charge is 0.183 e. The number of hydrogen-bond acceptors (Lipinski definition) is 6. The van der Waals surface area contributed by atoms with Gasteiger partial charge in [-0.15, -0.1) is 0 Å². The summed E-state index contributed by atoms with van der Waals surface area (Å²) in [7, 11) is 3.23. The SMILES string of the molecule is COc1ccnc(CN2CCC(/C(N)=N/O)CC2)c1OC. The zero-order chi connectivity index (χ0) is 15.2. The van der Waals surface area contributed by atoms with E-state index in [0.717, 1.165) is 31.6 Å². The molecule has 0 aromatic carbocycles. The number of oxime groups is 1. The van der Waals surface area contributed by atoms with Crippen molar-refractivity contribution in [3.05, 3.63) is 18.0 Å². The minimum absolute atomic E-state index is 0.159. The molecule has 0 atom stereocenters. The van der Waals surface area contributed by atoms with E-state index in [1.165, 1.54) is 0 Å². The zero-order valence-corrected chi connectivity index (χ0v) is 12.5. The number of methoxy groups -OCH3 is 2. The third-order valence-electron chi connectivity index (χ3n) is 3.86. The second-order valence-corrected chi connectivity index (χ2v) is 5.07. The topological polar surface area (TPSA) is 93.2 Å². The van der Waals surface area contributed by atoms with E-state index in [9.17, 15) is 0 Å². The predicted octanol–water partition coefficient (Wildman–Crippen LogP) is 1.06. The van der Waals surface area contributed by atoms with Crippen LogP contribution in [0, 0.1) is 5.92 Å². The Labute approximate surface area is 124 Å². The van der Waals surface area contributed by atoms with Gasteiger partial charge in [-0.1, -0.05) is 5.16 Å². The van der Waals surface area contributed by atoms with E-state index < -0.39 is 0 Å². The van der Waals surface area contributed by atoms with Gasteiger partial charge < -0.3 is 20.4 Å². The Morgan fingerprint density at radius 2 is 2.14 bits per heavy atom. The van der Waals surface area contributed by atoms with Crippen LogP contribution in [0.25, 0.3) is 0 Å². The van der Waals surface area contributed by atoms with Crippen molar-refractivity contribution >= 4 is 5.84 Å². The first kappa shape index (κ1) is 15.4. The second-order valence-electron chi connectivity index (χ2n) is 5.07. The number of aromatic nitrogens is 1. The number of nitrogens with zero attached hydrogens (tertiary/aromatic N) is 3. The molecule has 1 fully saturated rings. The summed E-state index contributed by atoms with van der Waals surface area (Å²) in [6, 6.07) is 1.78. The van der Waals surface area contributed by atoms with Gasteiger partial charge in [0, 0.05) is 24.7 Å². The van der Waals surface area contributed by atoms with Gasteiger partial charge in [-0.2, -0.15) is 0 Å². The quantitative estimate of drug-likeness (QED) is 0.365. The van der Waals surface area contributed by atoms with Gasteiger partial charge in [-0.3, -0.25) is 9.88 Å². The lowest BCUT2D eigenvalue weighted by Gasteiger charge is -2.31. The molecule has 1 aliphatic heterocycles. The summed E-state index contributed by atoms with van der Waals surface area (Å²) >= 11 is 0. The van der Waals surface area contributed by atoms with E-state index in [4.69, 9.17) is 20.4 Å². The first-order valence-electron chi connectivity index (χ1n) is 6.95. The molecule has 7 nitrogen and oxygen atoms in total. The van der Waals surface area contributed by atoms with Gasteiger partial charge in [0.25, 0.3) is 0 Å². The minimum Gasteiger partial charge on any atom is -0.493 e. The summed E-state index contributed by atoms with van der Waals surface area (Å²) < 4.78 is 10.7. The van der Waals surface area contributed by atoms with Crippen molar-refractivity contribution in [1.82, 2.24) is 9.88 Å². The van der Waals surface area contributed by atoms with Crippen LogP contribution in [0.1, 0.15) is 18.5 Å². The maximum atomic E-state index is 8.72. The zero-order valence-electron chi connectivity index (χ0n) is 12.5. The van der Waals surface area contributed by atoms with Crippen molar-refractivity contribution in [2.45, 2.75) is 19.4 Å². The Balaban J connectivity index is 2.01. The Bertz CT molecular complexity index is 499. The summed E-state index contributed by atoms with van der Waals surface area (Å²) in [6.07, 6.45) is 3.48. The van der Waals surface area contributed by atoms with Crippen molar-refractivity contribution in [3.63, 3.8) is 0 Å². The van der Waals surface area contributed by atoms with E-state index in [1.807, 2.05) is 0 Å². The van der Waals surface area contributed by atoms with Crippen LogP contribution in [-0.4, -0.2) is 48.2 Å². The molecule has 2 heterocycles.